The Morgan fingerprint density at radius 2 is 1.12 bits per heavy atom. The third kappa shape index (κ3) is 14.2. The summed E-state index contributed by atoms with van der Waals surface area (Å²) in [5.74, 6) is -7.24. The average molecular weight is 636 g/mol. The first-order valence-corrected chi connectivity index (χ1v) is 12.7. The molecule has 1 saturated carbocycles. The number of aliphatic carboxylic acids is 3. The first kappa shape index (κ1) is 37.6. The van der Waals surface area contributed by atoms with Crippen LogP contribution in [0.2, 0.25) is 0 Å². The summed E-state index contributed by atoms with van der Waals surface area (Å²) >= 11 is 0. The topological polar surface area (TPSA) is 131 Å². The third-order valence-corrected chi connectivity index (χ3v) is 6.95. The quantitative estimate of drug-likeness (QED) is 0.398. The van der Waals surface area contributed by atoms with E-state index in [2.05, 4.69) is 21.7 Å². The van der Waals surface area contributed by atoms with E-state index in [1.807, 2.05) is 0 Å². The number of nitrogens with zero attached hydrogens (tertiary/aromatic N) is 3. The molecule has 1 spiro atoms. The Labute approximate surface area is 235 Å². The van der Waals surface area contributed by atoms with E-state index in [9.17, 15) is 39.5 Å². The third-order valence-electron chi connectivity index (χ3n) is 6.95. The van der Waals surface area contributed by atoms with Gasteiger partial charge in [0.05, 0.1) is 12.2 Å². The molecule has 4 aliphatic rings. The fraction of sp³-hybridized carbons (Fsp3) is 0.870. The average Bonchev–Trinajstić information content (AvgIpc) is 3.58. The van der Waals surface area contributed by atoms with Gasteiger partial charge in [0.25, 0.3) is 0 Å². The highest BCUT2D eigenvalue weighted by Gasteiger charge is 2.45. The number of piperazine rings is 1. The normalized spacial score (nSPS) is 23.4. The maximum Gasteiger partial charge on any atom is 0.490 e. The maximum absolute atomic E-state index is 10.6. The number of ether oxygens (including phenoxy) is 1. The van der Waals surface area contributed by atoms with Gasteiger partial charge in [-0.05, 0) is 45.1 Å². The SMILES string of the molecule is CN1CCN(C2COC3(CCN(CC4CC4)CC3)C2)CC1.O=C(O)C(F)(F)F.O=C(O)C(F)(F)F.O=C(O)C(F)(F)F. The van der Waals surface area contributed by atoms with Gasteiger partial charge in [-0.2, -0.15) is 39.5 Å². The molecular weight excluding hydrogens is 601 g/mol. The van der Waals surface area contributed by atoms with E-state index < -0.39 is 36.4 Å². The number of likely N-dealkylation sites (tertiary alicyclic amines) is 1. The van der Waals surface area contributed by atoms with Crippen molar-refractivity contribution in [1.29, 1.82) is 0 Å². The van der Waals surface area contributed by atoms with Crippen molar-refractivity contribution >= 4 is 17.9 Å². The van der Waals surface area contributed by atoms with Crippen molar-refractivity contribution in [2.75, 3.05) is 59.5 Å². The van der Waals surface area contributed by atoms with Gasteiger partial charge in [-0.1, -0.05) is 0 Å². The largest absolute Gasteiger partial charge is 0.490 e. The second kappa shape index (κ2) is 15.4. The van der Waals surface area contributed by atoms with Gasteiger partial charge in [-0.15, -0.1) is 0 Å². The number of likely N-dealkylation sites (N-methyl/N-ethyl adjacent to an activating group) is 1. The zero-order chi connectivity index (χ0) is 32.5. The molecule has 1 atom stereocenters. The predicted molar refractivity (Wildman–Crippen MR) is 126 cm³/mol. The Bertz CT molecular complexity index is 823. The molecular formula is C23H34F9N3O7. The minimum Gasteiger partial charge on any atom is -0.475 e. The maximum atomic E-state index is 10.6. The number of carboxylic acid groups (broad SMARTS) is 3. The molecule has 3 N–H and O–H groups in total. The Balaban J connectivity index is 0.000000348. The molecule has 3 saturated heterocycles. The lowest BCUT2D eigenvalue weighted by atomic mass is 9.87. The Morgan fingerprint density at radius 1 is 0.738 bits per heavy atom. The Kier molecular flexibility index (Phi) is 13.8. The molecule has 42 heavy (non-hydrogen) atoms. The Morgan fingerprint density at radius 3 is 1.45 bits per heavy atom. The second-order valence-electron chi connectivity index (χ2n) is 10.3. The van der Waals surface area contributed by atoms with Gasteiger partial charge in [-0.3, -0.25) is 4.90 Å². The number of alkyl halides is 9. The second-order valence-corrected chi connectivity index (χ2v) is 10.3. The molecule has 0 radical (unpaired) electrons. The fourth-order valence-corrected chi connectivity index (χ4v) is 4.40. The first-order valence-electron chi connectivity index (χ1n) is 12.7. The van der Waals surface area contributed by atoms with Crippen molar-refractivity contribution < 1.29 is 74.0 Å². The van der Waals surface area contributed by atoms with Gasteiger partial charge in [0, 0.05) is 51.9 Å². The molecule has 246 valence electrons. The summed E-state index contributed by atoms with van der Waals surface area (Å²) in [5.41, 5.74) is 0.230. The van der Waals surface area contributed by atoms with Crippen LogP contribution in [0.1, 0.15) is 32.1 Å². The van der Waals surface area contributed by atoms with E-state index in [0.717, 1.165) is 12.5 Å². The van der Waals surface area contributed by atoms with Crippen LogP contribution >= 0.6 is 0 Å². The molecule has 1 aliphatic carbocycles. The number of rotatable bonds is 3. The van der Waals surface area contributed by atoms with Crippen LogP contribution < -0.4 is 0 Å². The van der Waals surface area contributed by atoms with Crippen molar-refractivity contribution in [3.8, 4) is 0 Å². The smallest absolute Gasteiger partial charge is 0.475 e. The number of carboxylic acids is 3. The minimum atomic E-state index is -5.08. The van der Waals surface area contributed by atoms with Gasteiger partial charge in [0.1, 0.15) is 0 Å². The molecule has 19 heteroatoms. The van der Waals surface area contributed by atoms with E-state index in [1.54, 1.807) is 0 Å². The van der Waals surface area contributed by atoms with Gasteiger partial charge in [0.2, 0.25) is 0 Å². The van der Waals surface area contributed by atoms with Gasteiger partial charge < -0.3 is 29.9 Å². The fourth-order valence-electron chi connectivity index (χ4n) is 4.40. The van der Waals surface area contributed by atoms with Gasteiger partial charge in [-0.25, -0.2) is 14.4 Å². The van der Waals surface area contributed by atoms with Crippen molar-refractivity contribution in [3.05, 3.63) is 0 Å². The van der Waals surface area contributed by atoms with Gasteiger partial charge in [0.15, 0.2) is 0 Å². The summed E-state index contributed by atoms with van der Waals surface area (Å²) in [6.07, 6.45) is -8.48. The summed E-state index contributed by atoms with van der Waals surface area (Å²) in [6.45, 7) is 9.78. The number of hydrogen-bond acceptors (Lipinski definition) is 7. The summed E-state index contributed by atoms with van der Waals surface area (Å²) in [5, 5.41) is 21.4. The van der Waals surface area contributed by atoms with Crippen LogP contribution in [0.3, 0.4) is 0 Å². The van der Waals surface area contributed by atoms with Crippen LogP contribution in [0.15, 0.2) is 0 Å². The van der Waals surface area contributed by atoms with Crippen LogP contribution in [0.25, 0.3) is 0 Å². The van der Waals surface area contributed by atoms with Crippen molar-refractivity contribution in [2.45, 2.75) is 62.3 Å². The lowest BCUT2D eigenvalue weighted by Gasteiger charge is -2.40. The van der Waals surface area contributed by atoms with Gasteiger partial charge >= 0.3 is 36.4 Å². The van der Waals surface area contributed by atoms with E-state index in [0.29, 0.717) is 6.04 Å². The van der Waals surface area contributed by atoms with Crippen molar-refractivity contribution in [1.82, 2.24) is 14.7 Å². The number of hydrogen-bond donors (Lipinski definition) is 3. The van der Waals surface area contributed by atoms with Crippen LogP contribution in [-0.4, -0.2) is 138 Å². The van der Waals surface area contributed by atoms with Crippen LogP contribution in [0.4, 0.5) is 39.5 Å². The molecule has 4 rings (SSSR count). The highest BCUT2D eigenvalue weighted by Crippen LogP contribution is 2.39. The van der Waals surface area contributed by atoms with Crippen molar-refractivity contribution in [3.63, 3.8) is 0 Å². The summed E-state index contributed by atoms with van der Waals surface area (Å²) in [4.78, 5) is 34.5. The molecule has 4 fully saturated rings. The molecule has 3 heterocycles. The predicted octanol–water partition coefficient (Wildman–Crippen LogP) is 3.17. The zero-order valence-electron chi connectivity index (χ0n) is 22.6. The van der Waals surface area contributed by atoms with E-state index in [-0.39, 0.29) is 5.60 Å². The number of carbonyl (C=O) groups is 3. The standard InChI is InChI=1S/C17H31N3O.3C2HF3O2/c1-18-8-10-20(11-9-18)16-12-17(21-14-16)4-6-19(7-5-17)13-15-2-3-15;3*3-2(4,5)1(6)7/h15-16H,2-14H2,1H3;3*(H,6,7). The molecule has 1 unspecified atom stereocenters. The molecule has 0 aromatic carbocycles. The molecule has 0 aromatic heterocycles. The monoisotopic (exact) mass is 635 g/mol. The highest BCUT2D eigenvalue weighted by atomic mass is 19.4. The van der Waals surface area contributed by atoms with Crippen LogP contribution in [0, 0.1) is 5.92 Å². The zero-order valence-corrected chi connectivity index (χ0v) is 22.6. The minimum absolute atomic E-state index is 0.230. The van der Waals surface area contributed by atoms with E-state index in [1.165, 1.54) is 77.9 Å². The summed E-state index contributed by atoms with van der Waals surface area (Å²) in [6, 6.07) is 0.689. The molecule has 0 aromatic rings. The summed E-state index contributed by atoms with van der Waals surface area (Å²) in [7, 11) is 2.24. The summed E-state index contributed by atoms with van der Waals surface area (Å²) < 4.78 is 102. The first-order chi connectivity index (χ1) is 19.1. The molecule has 0 bridgehead atoms. The van der Waals surface area contributed by atoms with Crippen LogP contribution in [-0.2, 0) is 19.1 Å². The molecule has 0 amide bonds. The van der Waals surface area contributed by atoms with Crippen LogP contribution in [0.5, 0.6) is 0 Å². The molecule has 10 nitrogen and oxygen atoms in total. The highest BCUT2D eigenvalue weighted by molar-refractivity contribution is 5.73. The van der Waals surface area contributed by atoms with E-state index >= 15 is 0 Å². The van der Waals surface area contributed by atoms with Crippen molar-refractivity contribution in [2.24, 2.45) is 5.92 Å². The number of halogens is 9. The lowest BCUT2D eigenvalue weighted by Crippen LogP contribution is -2.50. The molecule has 3 aliphatic heterocycles. The lowest BCUT2D eigenvalue weighted by molar-refractivity contribution is -0.193. The number of piperidine rings is 1. The van der Waals surface area contributed by atoms with E-state index in [4.69, 9.17) is 34.4 Å². The Hall–Kier alpha value is -2.38.